The number of aromatic hydroxyl groups is 1. The Morgan fingerprint density at radius 3 is 2.68 bits per heavy atom. The summed E-state index contributed by atoms with van der Waals surface area (Å²) in [5.41, 5.74) is 2.52. The Morgan fingerprint density at radius 1 is 1.24 bits per heavy atom. The van der Waals surface area contributed by atoms with E-state index >= 15 is 0 Å². The zero-order valence-corrected chi connectivity index (χ0v) is 16.3. The third kappa shape index (κ3) is 3.40. The van der Waals surface area contributed by atoms with Gasteiger partial charge in [0.25, 0.3) is 0 Å². The number of ether oxygens (including phenoxy) is 1. The third-order valence-electron chi connectivity index (χ3n) is 6.46. The van der Waals surface area contributed by atoms with Gasteiger partial charge in [-0.05, 0) is 63.0 Å². The summed E-state index contributed by atoms with van der Waals surface area (Å²) in [6, 6.07) is 2.10. The summed E-state index contributed by atoms with van der Waals surface area (Å²) in [5.74, 6) is 2.58. The lowest BCUT2D eigenvalue weighted by Gasteiger charge is -2.49. The monoisotopic (exact) mass is 346 g/mol. The molecule has 3 rings (SSSR count). The molecule has 1 aliphatic heterocycles. The van der Waals surface area contributed by atoms with Gasteiger partial charge in [-0.3, -0.25) is 0 Å². The number of benzene rings is 1. The standard InChI is InChI=1S/C22H34O3/c1-5-6-7-8-15-12-19-20(21(24)17(15)13-23)16-11-14(2)9-10-18(16)22(3,4)25-19/h12,14,16,18,23-24H,5-11,13H2,1-4H3/t14?,16-,18-/m1/s1. The topological polar surface area (TPSA) is 49.7 Å². The normalized spacial score (nSPS) is 27.3. The van der Waals surface area contributed by atoms with Crippen LogP contribution in [0.4, 0.5) is 0 Å². The summed E-state index contributed by atoms with van der Waals surface area (Å²) in [7, 11) is 0. The lowest BCUT2D eigenvalue weighted by atomic mass is 9.64. The van der Waals surface area contributed by atoms with Crippen molar-refractivity contribution in [3.63, 3.8) is 0 Å². The van der Waals surface area contributed by atoms with Gasteiger partial charge in [0.15, 0.2) is 0 Å². The lowest BCUT2D eigenvalue weighted by Crippen LogP contribution is -2.46. The van der Waals surface area contributed by atoms with Gasteiger partial charge in [-0.2, -0.15) is 0 Å². The van der Waals surface area contributed by atoms with Gasteiger partial charge in [0.05, 0.1) is 6.61 Å². The first-order valence-corrected chi connectivity index (χ1v) is 10.1. The number of phenols is 1. The smallest absolute Gasteiger partial charge is 0.128 e. The molecule has 1 heterocycles. The average molecular weight is 347 g/mol. The van der Waals surface area contributed by atoms with E-state index in [1.165, 1.54) is 6.42 Å². The van der Waals surface area contributed by atoms with Crippen molar-refractivity contribution in [1.29, 1.82) is 0 Å². The van der Waals surface area contributed by atoms with E-state index in [1.807, 2.05) is 0 Å². The summed E-state index contributed by atoms with van der Waals surface area (Å²) in [6.07, 6.45) is 7.76. The van der Waals surface area contributed by atoms with Crippen molar-refractivity contribution in [3.8, 4) is 11.5 Å². The van der Waals surface area contributed by atoms with Crippen molar-refractivity contribution in [2.45, 2.75) is 90.8 Å². The van der Waals surface area contributed by atoms with Crippen LogP contribution >= 0.6 is 0 Å². The van der Waals surface area contributed by atoms with Crippen molar-refractivity contribution < 1.29 is 14.9 Å². The second kappa shape index (κ2) is 7.19. The summed E-state index contributed by atoms with van der Waals surface area (Å²) in [4.78, 5) is 0. The second-order valence-corrected chi connectivity index (χ2v) is 8.73. The van der Waals surface area contributed by atoms with E-state index in [4.69, 9.17) is 4.74 Å². The fourth-order valence-corrected chi connectivity index (χ4v) is 5.05. The lowest BCUT2D eigenvalue weighted by molar-refractivity contribution is -0.0147. The van der Waals surface area contributed by atoms with Gasteiger partial charge in [0.1, 0.15) is 17.1 Å². The number of aliphatic hydroxyl groups is 1. The van der Waals surface area contributed by atoms with Crippen molar-refractivity contribution in [1.82, 2.24) is 0 Å². The van der Waals surface area contributed by atoms with Crippen LogP contribution < -0.4 is 4.74 Å². The van der Waals surface area contributed by atoms with Gasteiger partial charge in [-0.15, -0.1) is 0 Å². The molecule has 1 aromatic rings. The highest BCUT2D eigenvalue weighted by atomic mass is 16.5. The van der Waals surface area contributed by atoms with E-state index in [0.717, 1.165) is 61.0 Å². The fraction of sp³-hybridized carbons (Fsp3) is 0.727. The molecular formula is C22H34O3. The molecule has 2 N–H and O–H groups in total. The Kier molecular flexibility index (Phi) is 5.34. The van der Waals surface area contributed by atoms with Crippen LogP contribution in [0.1, 0.15) is 88.8 Å². The van der Waals surface area contributed by atoms with E-state index in [9.17, 15) is 10.2 Å². The SMILES string of the molecule is CCCCCc1cc2c(c(O)c1CO)[C@@H]1CC(C)CC[C@H]1C(C)(C)O2. The predicted octanol–water partition coefficient (Wildman–Crippen LogP) is 5.31. The highest BCUT2D eigenvalue weighted by Gasteiger charge is 2.47. The largest absolute Gasteiger partial charge is 0.507 e. The Morgan fingerprint density at radius 2 is 2.00 bits per heavy atom. The maximum atomic E-state index is 11.0. The molecule has 0 amide bonds. The second-order valence-electron chi connectivity index (χ2n) is 8.73. The maximum Gasteiger partial charge on any atom is 0.128 e. The molecule has 140 valence electrons. The van der Waals surface area contributed by atoms with E-state index in [2.05, 4.69) is 33.8 Å². The highest BCUT2D eigenvalue weighted by molar-refractivity contribution is 5.57. The molecule has 3 nitrogen and oxygen atoms in total. The molecular weight excluding hydrogens is 312 g/mol. The van der Waals surface area contributed by atoms with Crippen LogP contribution in [-0.2, 0) is 13.0 Å². The third-order valence-corrected chi connectivity index (χ3v) is 6.46. The molecule has 1 aromatic carbocycles. The van der Waals surface area contributed by atoms with Gasteiger partial charge < -0.3 is 14.9 Å². The molecule has 0 bridgehead atoms. The number of hydrogen-bond donors (Lipinski definition) is 2. The van der Waals surface area contributed by atoms with Crippen LogP contribution in [0.2, 0.25) is 0 Å². The first-order chi connectivity index (χ1) is 11.9. The predicted molar refractivity (Wildman–Crippen MR) is 101 cm³/mol. The van der Waals surface area contributed by atoms with Gasteiger partial charge >= 0.3 is 0 Å². The van der Waals surface area contributed by atoms with E-state index in [1.54, 1.807) is 0 Å². The van der Waals surface area contributed by atoms with Crippen LogP contribution in [0, 0.1) is 11.8 Å². The zero-order valence-electron chi connectivity index (χ0n) is 16.3. The number of hydrogen-bond acceptors (Lipinski definition) is 3. The van der Waals surface area contributed by atoms with Crippen molar-refractivity contribution in [3.05, 3.63) is 22.8 Å². The van der Waals surface area contributed by atoms with Gasteiger partial charge in [-0.1, -0.05) is 33.1 Å². The van der Waals surface area contributed by atoms with Gasteiger partial charge in [-0.25, -0.2) is 0 Å². The number of fused-ring (bicyclic) bond motifs is 3. The van der Waals surface area contributed by atoms with Crippen LogP contribution in [0.15, 0.2) is 6.07 Å². The van der Waals surface area contributed by atoms with E-state index in [0.29, 0.717) is 23.5 Å². The van der Waals surface area contributed by atoms with E-state index in [-0.39, 0.29) is 12.2 Å². The van der Waals surface area contributed by atoms with Crippen LogP contribution in [-0.4, -0.2) is 15.8 Å². The van der Waals surface area contributed by atoms with Crippen LogP contribution in [0.3, 0.4) is 0 Å². The maximum absolute atomic E-state index is 11.0. The minimum absolute atomic E-state index is 0.100. The number of aliphatic hydroxyl groups excluding tert-OH is 1. The molecule has 3 atom stereocenters. The summed E-state index contributed by atoms with van der Waals surface area (Å²) in [6.45, 7) is 8.78. The molecule has 1 unspecified atom stereocenters. The van der Waals surface area contributed by atoms with Gasteiger partial charge in [0, 0.05) is 17.0 Å². The minimum atomic E-state index is -0.203. The number of aryl methyl sites for hydroxylation is 1. The molecule has 1 saturated carbocycles. The molecule has 2 aliphatic rings. The highest BCUT2D eigenvalue weighted by Crippen LogP contribution is 2.56. The van der Waals surface area contributed by atoms with Crippen molar-refractivity contribution >= 4 is 0 Å². The zero-order chi connectivity index (χ0) is 18.2. The number of unbranched alkanes of at least 4 members (excludes halogenated alkanes) is 2. The molecule has 0 aromatic heterocycles. The van der Waals surface area contributed by atoms with Gasteiger partial charge in [0.2, 0.25) is 0 Å². The van der Waals surface area contributed by atoms with Crippen molar-refractivity contribution in [2.24, 2.45) is 11.8 Å². The molecule has 25 heavy (non-hydrogen) atoms. The Bertz CT molecular complexity index is 620. The van der Waals surface area contributed by atoms with Crippen LogP contribution in [0.25, 0.3) is 0 Å². The molecule has 0 saturated heterocycles. The Labute approximate surface area is 152 Å². The molecule has 1 aliphatic carbocycles. The summed E-state index contributed by atoms with van der Waals surface area (Å²) < 4.78 is 6.41. The average Bonchev–Trinajstić information content (AvgIpc) is 2.54. The quantitative estimate of drug-likeness (QED) is 0.711. The molecule has 3 heteroatoms. The molecule has 0 spiro atoms. The van der Waals surface area contributed by atoms with Crippen molar-refractivity contribution in [2.75, 3.05) is 0 Å². The Hall–Kier alpha value is -1.22. The summed E-state index contributed by atoms with van der Waals surface area (Å²) >= 11 is 0. The first kappa shape index (κ1) is 18.6. The fourth-order valence-electron chi connectivity index (χ4n) is 5.05. The minimum Gasteiger partial charge on any atom is -0.507 e. The Balaban J connectivity index is 2.05. The summed E-state index contributed by atoms with van der Waals surface area (Å²) in [5, 5.41) is 20.9. The first-order valence-electron chi connectivity index (χ1n) is 10.1. The van der Waals surface area contributed by atoms with Crippen LogP contribution in [0.5, 0.6) is 11.5 Å². The van der Waals surface area contributed by atoms with E-state index < -0.39 is 0 Å². The number of rotatable bonds is 5. The molecule has 1 fully saturated rings. The molecule has 0 radical (unpaired) electrons.